The Kier molecular flexibility index (Phi) is 4.06. The summed E-state index contributed by atoms with van der Waals surface area (Å²) in [6.45, 7) is 1.77. The summed E-state index contributed by atoms with van der Waals surface area (Å²) in [5.41, 5.74) is 0.760. The van der Waals surface area contributed by atoms with Crippen molar-refractivity contribution in [2.75, 3.05) is 18.4 Å². The number of nitrogens with one attached hydrogen (secondary N) is 2. The molecule has 2 aromatic heterocycles. The van der Waals surface area contributed by atoms with Gasteiger partial charge in [0, 0.05) is 22.8 Å². The highest BCUT2D eigenvalue weighted by atomic mass is 32.1. The van der Waals surface area contributed by atoms with Crippen LogP contribution in [0.2, 0.25) is 0 Å². The molecule has 0 aliphatic carbocycles. The minimum atomic E-state index is -1.11. The van der Waals surface area contributed by atoms with Crippen molar-refractivity contribution in [1.29, 1.82) is 0 Å². The van der Waals surface area contributed by atoms with Crippen LogP contribution in [0.4, 0.5) is 10.2 Å². The van der Waals surface area contributed by atoms with E-state index in [9.17, 15) is 14.3 Å². The molecule has 1 saturated heterocycles. The van der Waals surface area contributed by atoms with Gasteiger partial charge in [0.2, 0.25) is 0 Å². The van der Waals surface area contributed by atoms with Crippen LogP contribution in [0.25, 0.3) is 20.5 Å². The van der Waals surface area contributed by atoms with Crippen LogP contribution in [0.5, 0.6) is 0 Å². The van der Waals surface area contributed by atoms with Gasteiger partial charge in [-0.25, -0.2) is 9.18 Å². The van der Waals surface area contributed by atoms with Gasteiger partial charge in [0.1, 0.15) is 5.82 Å². The van der Waals surface area contributed by atoms with Crippen molar-refractivity contribution in [3.63, 3.8) is 0 Å². The Labute approximate surface area is 146 Å². The van der Waals surface area contributed by atoms with Crippen molar-refractivity contribution in [2.45, 2.75) is 12.5 Å². The van der Waals surface area contributed by atoms with Crippen LogP contribution in [-0.2, 0) is 0 Å². The summed E-state index contributed by atoms with van der Waals surface area (Å²) in [7, 11) is 0. The fourth-order valence-electron chi connectivity index (χ4n) is 2.92. The molecular formula is C17H15FN4O2S. The summed E-state index contributed by atoms with van der Waals surface area (Å²) < 4.78 is 13.7. The maximum absolute atomic E-state index is 13.2. The van der Waals surface area contributed by atoms with E-state index in [1.54, 1.807) is 12.1 Å². The largest absolute Gasteiger partial charge is 0.476 e. The number of anilines is 1. The lowest BCUT2D eigenvalue weighted by atomic mass is 10.1. The van der Waals surface area contributed by atoms with Crippen molar-refractivity contribution < 1.29 is 14.3 Å². The molecule has 8 heteroatoms. The molecule has 1 fully saturated rings. The van der Waals surface area contributed by atoms with Crippen LogP contribution >= 0.6 is 11.3 Å². The lowest BCUT2D eigenvalue weighted by Gasteiger charge is -2.12. The maximum Gasteiger partial charge on any atom is 0.357 e. The number of carbonyl (C=O) groups is 1. The highest BCUT2D eigenvalue weighted by molar-refractivity contribution is 7.22. The molecular weight excluding hydrogens is 343 g/mol. The third-order valence-electron chi connectivity index (χ3n) is 4.18. The third kappa shape index (κ3) is 3.06. The van der Waals surface area contributed by atoms with E-state index in [0.29, 0.717) is 10.5 Å². The van der Waals surface area contributed by atoms with E-state index < -0.39 is 5.97 Å². The molecule has 0 radical (unpaired) electrons. The van der Waals surface area contributed by atoms with Crippen LogP contribution in [0.1, 0.15) is 16.9 Å². The number of aromatic nitrogens is 2. The number of halogens is 1. The third-order valence-corrected chi connectivity index (χ3v) is 5.38. The first-order valence-corrected chi connectivity index (χ1v) is 8.70. The zero-order valence-corrected chi connectivity index (χ0v) is 13.9. The Morgan fingerprint density at radius 1 is 1.32 bits per heavy atom. The number of rotatable bonds is 4. The van der Waals surface area contributed by atoms with Gasteiger partial charge < -0.3 is 15.7 Å². The normalized spacial score (nSPS) is 17.1. The number of thiophene rings is 1. The second-order valence-corrected chi connectivity index (χ2v) is 6.95. The van der Waals surface area contributed by atoms with Crippen molar-refractivity contribution in [3.8, 4) is 10.4 Å². The summed E-state index contributed by atoms with van der Waals surface area (Å²) in [4.78, 5) is 12.3. The van der Waals surface area contributed by atoms with E-state index in [2.05, 4.69) is 20.8 Å². The molecule has 3 aromatic rings. The first-order valence-electron chi connectivity index (χ1n) is 7.88. The van der Waals surface area contributed by atoms with Crippen LogP contribution in [0.3, 0.4) is 0 Å². The SMILES string of the molecule is O=C(O)c1nnc(NC2CCNC2)c2cc(-c3ccc(F)cc3)sc12. The van der Waals surface area contributed by atoms with E-state index in [0.717, 1.165) is 35.3 Å². The second kappa shape index (κ2) is 6.38. The van der Waals surface area contributed by atoms with E-state index >= 15 is 0 Å². The minimum absolute atomic E-state index is 0.0662. The molecule has 3 N–H and O–H groups in total. The number of carboxylic acids is 1. The van der Waals surface area contributed by atoms with Crippen LogP contribution < -0.4 is 10.6 Å². The summed E-state index contributed by atoms with van der Waals surface area (Å²) in [5, 5.41) is 24.7. The molecule has 1 aromatic carbocycles. The van der Waals surface area contributed by atoms with E-state index in [1.807, 2.05) is 6.07 Å². The Balaban J connectivity index is 1.82. The van der Waals surface area contributed by atoms with Gasteiger partial charge in [-0.1, -0.05) is 12.1 Å². The van der Waals surface area contributed by atoms with Crippen LogP contribution in [-0.4, -0.2) is 40.4 Å². The number of nitrogens with zero attached hydrogens (tertiary/aromatic N) is 2. The van der Waals surface area contributed by atoms with E-state index in [-0.39, 0.29) is 17.6 Å². The average Bonchev–Trinajstić information content (AvgIpc) is 3.25. The summed E-state index contributed by atoms with van der Waals surface area (Å²) in [5.74, 6) is -0.840. The lowest BCUT2D eigenvalue weighted by molar-refractivity contribution is 0.0692. The molecule has 0 amide bonds. The van der Waals surface area contributed by atoms with Crippen molar-refractivity contribution in [2.24, 2.45) is 0 Å². The molecule has 0 saturated carbocycles. The lowest BCUT2D eigenvalue weighted by Crippen LogP contribution is -2.23. The first-order chi connectivity index (χ1) is 12.1. The molecule has 1 aliphatic rings. The Hall–Kier alpha value is -2.58. The molecule has 1 aliphatic heterocycles. The molecule has 3 heterocycles. The molecule has 6 nitrogen and oxygen atoms in total. The van der Waals surface area contributed by atoms with Crippen molar-refractivity contribution in [3.05, 3.63) is 41.8 Å². The number of hydrogen-bond acceptors (Lipinski definition) is 6. The topological polar surface area (TPSA) is 87.1 Å². The van der Waals surface area contributed by atoms with Gasteiger partial charge in [-0.15, -0.1) is 21.5 Å². The zero-order valence-electron chi connectivity index (χ0n) is 13.1. The summed E-state index contributed by atoms with van der Waals surface area (Å²) >= 11 is 1.32. The van der Waals surface area contributed by atoms with Crippen LogP contribution in [0, 0.1) is 5.82 Å². The Morgan fingerprint density at radius 3 is 2.80 bits per heavy atom. The first kappa shape index (κ1) is 15.9. The molecule has 0 spiro atoms. The highest BCUT2D eigenvalue weighted by Crippen LogP contribution is 2.37. The molecule has 0 bridgehead atoms. The van der Waals surface area contributed by atoms with Gasteiger partial charge in [-0.3, -0.25) is 0 Å². The monoisotopic (exact) mass is 358 g/mol. The number of fused-ring (bicyclic) bond motifs is 1. The Morgan fingerprint density at radius 2 is 2.12 bits per heavy atom. The highest BCUT2D eigenvalue weighted by Gasteiger charge is 2.21. The number of carboxylic acid groups (broad SMARTS) is 1. The molecule has 4 rings (SSSR count). The van der Waals surface area contributed by atoms with Gasteiger partial charge in [0.05, 0.1) is 4.70 Å². The van der Waals surface area contributed by atoms with Crippen LogP contribution in [0.15, 0.2) is 30.3 Å². The summed E-state index contributed by atoms with van der Waals surface area (Å²) in [6, 6.07) is 8.25. The van der Waals surface area contributed by atoms with E-state index in [4.69, 9.17) is 0 Å². The van der Waals surface area contributed by atoms with Gasteiger partial charge in [-0.2, -0.15) is 0 Å². The molecule has 1 atom stereocenters. The molecule has 1 unspecified atom stereocenters. The summed E-state index contributed by atoms with van der Waals surface area (Å²) in [6.07, 6.45) is 0.971. The second-order valence-electron chi connectivity index (χ2n) is 5.90. The zero-order chi connectivity index (χ0) is 17.4. The van der Waals surface area contributed by atoms with Gasteiger partial charge >= 0.3 is 5.97 Å². The minimum Gasteiger partial charge on any atom is -0.476 e. The predicted octanol–water partition coefficient (Wildman–Crippen LogP) is 2.97. The molecule has 128 valence electrons. The smallest absolute Gasteiger partial charge is 0.357 e. The van der Waals surface area contributed by atoms with Crippen molar-refractivity contribution >= 4 is 33.2 Å². The standard InChI is InChI=1S/C17H15FN4O2S/c18-10-3-1-9(2-4-10)13-7-12-15(25-13)14(17(23)24)21-22-16(12)20-11-5-6-19-8-11/h1-4,7,11,19H,5-6,8H2,(H,20,22)(H,23,24). The van der Waals surface area contributed by atoms with Gasteiger partial charge in [-0.05, 0) is 36.7 Å². The maximum atomic E-state index is 13.2. The fourth-order valence-corrected chi connectivity index (χ4v) is 4.06. The average molecular weight is 358 g/mol. The van der Waals surface area contributed by atoms with Gasteiger partial charge in [0.25, 0.3) is 0 Å². The van der Waals surface area contributed by atoms with Crippen molar-refractivity contribution in [1.82, 2.24) is 15.5 Å². The van der Waals surface area contributed by atoms with E-state index in [1.165, 1.54) is 23.5 Å². The number of benzene rings is 1. The Bertz CT molecular complexity index is 936. The number of aromatic carboxylic acids is 1. The fraction of sp³-hybridized carbons (Fsp3) is 0.235. The quantitative estimate of drug-likeness (QED) is 0.665. The van der Waals surface area contributed by atoms with Gasteiger partial charge in [0.15, 0.2) is 11.5 Å². The molecule has 25 heavy (non-hydrogen) atoms. The number of hydrogen-bond donors (Lipinski definition) is 3. The predicted molar refractivity (Wildman–Crippen MR) is 94.7 cm³/mol.